The van der Waals surface area contributed by atoms with Crippen LogP contribution >= 0.6 is 11.3 Å². The van der Waals surface area contributed by atoms with Crippen LogP contribution in [-0.2, 0) is 0 Å². The van der Waals surface area contributed by atoms with Crippen LogP contribution in [-0.4, -0.2) is 28.9 Å². The standard InChI is InChI=1S/C17H20N4O3S/c1-11-4-3-7-20(10-11)14-6-5-13(8-15(14)21(23)24)16(22)19-17-18-9-12(2)25-17/h5-6,8-9,11H,3-4,7,10H2,1-2H3,(H,18,19,22)/t11-/m0/s1. The first-order chi connectivity index (χ1) is 11.9. The zero-order chi connectivity index (χ0) is 18.0. The Bertz CT molecular complexity index is 805. The van der Waals surface area contributed by atoms with Crippen molar-refractivity contribution in [2.24, 2.45) is 5.92 Å². The lowest BCUT2D eigenvalue weighted by atomic mass is 9.99. The minimum Gasteiger partial charge on any atom is -0.366 e. The highest BCUT2D eigenvalue weighted by atomic mass is 32.1. The number of nitrogens with zero attached hydrogens (tertiary/aromatic N) is 3. The third-order valence-electron chi connectivity index (χ3n) is 4.27. The number of hydrogen-bond donors (Lipinski definition) is 1. The van der Waals surface area contributed by atoms with Crippen LogP contribution in [0.1, 0.15) is 35.0 Å². The summed E-state index contributed by atoms with van der Waals surface area (Å²) < 4.78 is 0. The maximum Gasteiger partial charge on any atom is 0.293 e. The van der Waals surface area contributed by atoms with Crippen molar-refractivity contribution in [3.63, 3.8) is 0 Å². The zero-order valence-electron chi connectivity index (χ0n) is 14.2. The topological polar surface area (TPSA) is 88.4 Å². The van der Waals surface area contributed by atoms with Gasteiger partial charge in [0.2, 0.25) is 0 Å². The van der Waals surface area contributed by atoms with E-state index in [0.29, 0.717) is 16.7 Å². The zero-order valence-corrected chi connectivity index (χ0v) is 15.0. The molecule has 7 nitrogen and oxygen atoms in total. The normalized spacial score (nSPS) is 17.4. The lowest BCUT2D eigenvalue weighted by Crippen LogP contribution is -2.34. The van der Waals surface area contributed by atoms with Gasteiger partial charge in [-0.25, -0.2) is 4.98 Å². The second-order valence-corrected chi connectivity index (χ2v) is 7.62. The Labute approximate surface area is 149 Å². The van der Waals surface area contributed by atoms with E-state index in [1.807, 2.05) is 11.8 Å². The number of nitrogens with one attached hydrogen (secondary N) is 1. The summed E-state index contributed by atoms with van der Waals surface area (Å²) in [7, 11) is 0. The molecule has 0 aliphatic carbocycles. The smallest absolute Gasteiger partial charge is 0.293 e. The first-order valence-corrected chi connectivity index (χ1v) is 9.03. The molecule has 132 valence electrons. The largest absolute Gasteiger partial charge is 0.366 e. The molecule has 0 saturated carbocycles. The summed E-state index contributed by atoms with van der Waals surface area (Å²) in [6, 6.07) is 4.67. The van der Waals surface area contributed by atoms with Crippen molar-refractivity contribution in [3.05, 3.63) is 45.0 Å². The lowest BCUT2D eigenvalue weighted by molar-refractivity contribution is -0.384. The summed E-state index contributed by atoms with van der Waals surface area (Å²) in [6.45, 7) is 5.64. The highest BCUT2D eigenvalue weighted by Gasteiger charge is 2.25. The minimum absolute atomic E-state index is 0.0305. The molecule has 0 spiro atoms. The van der Waals surface area contributed by atoms with Crippen molar-refractivity contribution in [2.75, 3.05) is 23.3 Å². The van der Waals surface area contributed by atoms with Gasteiger partial charge in [0, 0.05) is 35.8 Å². The quantitative estimate of drug-likeness (QED) is 0.661. The van der Waals surface area contributed by atoms with E-state index >= 15 is 0 Å². The number of hydrogen-bond acceptors (Lipinski definition) is 6. The number of nitro benzene ring substituents is 1. The SMILES string of the molecule is Cc1cnc(NC(=O)c2ccc(N3CCC[C@H](C)C3)c([N+](=O)[O-])c2)s1. The van der Waals surface area contributed by atoms with E-state index in [-0.39, 0.29) is 11.3 Å². The highest BCUT2D eigenvalue weighted by molar-refractivity contribution is 7.15. The van der Waals surface area contributed by atoms with E-state index in [4.69, 9.17) is 0 Å². The number of thiazole rings is 1. The molecule has 1 aromatic heterocycles. The Hall–Kier alpha value is -2.48. The Morgan fingerprint density at radius 3 is 2.92 bits per heavy atom. The molecule has 0 radical (unpaired) electrons. The Morgan fingerprint density at radius 1 is 1.48 bits per heavy atom. The van der Waals surface area contributed by atoms with Gasteiger partial charge in [-0.15, -0.1) is 11.3 Å². The number of benzene rings is 1. The molecule has 0 unspecified atom stereocenters. The van der Waals surface area contributed by atoms with Gasteiger partial charge in [-0.05, 0) is 37.8 Å². The van der Waals surface area contributed by atoms with Gasteiger partial charge in [0.25, 0.3) is 11.6 Å². The Morgan fingerprint density at radius 2 is 2.28 bits per heavy atom. The van der Waals surface area contributed by atoms with E-state index < -0.39 is 10.8 Å². The average molecular weight is 360 g/mol. The van der Waals surface area contributed by atoms with Gasteiger partial charge < -0.3 is 4.90 Å². The Kier molecular flexibility index (Phi) is 4.98. The molecular formula is C17H20N4O3S. The van der Waals surface area contributed by atoms with Gasteiger partial charge in [-0.3, -0.25) is 20.2 Å². The highest BCUT2D eigenvalue weighted by Crippen LogP contribution is 2.32. The van der Waals surface area contributed by atoms with Gasteiger partial charge in [-0.2, -0.15) is 0 Å². The van der Waals surface area contributed by atoms with Crippen molar-refractivity contribution in [1.82, 2.24) is 4.98 Å². The van der Waals surface area contributed by atoms with Crippen LogP contribution in [0.2, 0.25) is 0 Å². The third-order valence-corrected chi connectivity index (χ3v) is 5.10. The van der Waals surface area contributed by atoms with Crippen LogP contribution in [0.4, 0.5) is 16.5 Å². The second kappa shape index (κ2) is 7.18. The molecule has 1 fully saturated rings. The molecular weight excluding hydrogens is 340 g/mol. The third kappa shape index (κ3) is 3.96. The first kappa shape index (κ1) is 17.3. The van der Waals surface area contributed by atoms with Crippen LogP contribution in [0.5, 0.6) is 0 Å². The summed E-state index contributed by atoms with van der Waals surface area (Å²) in [6.07, 6.45) is 3.82. The summed E-state index contributed by atoms with van der Waals surface area (Å²) >= 11 is 1.36. The summed E-state index contributed by atoms with van der Waals surface area (Å²) in [4.78, 5) is 30.6. The first-order valence-electron chi connectivity index (χ1n) is 8.21. The number of carbonyl (C=O) groups is 1. The number of anilines is 2. The van der Waals surface area contributed by atoms with Crippen molar-refractivity contribution in [1.29, 1.82) is 0 Å². The fraction of sp³-hybridized carbons (Fsp3) is 0.412. The number of amides is 1. The summed E-state index contributed by atoms with van der Waals surface area (Å²) in [5.41, 5.74) is 0.809. The molecule has 2 aromatic rings. The van der Waals surface area contributed by atoms with Crippen molar-refractivity contribution < 1.29 is 9.72 Å². The van der Waals surface area contributed by atoms with Crippen LogP contribution < -0.4 is 10.2 Å². The number of nitro groups is 1. The van der Waals surface area contributed by atoms with Crippen LogP contribution in [0.3, 0.4) is 0 Å². The molecule has 25 heavy (non-hydrogen) atoms. The monoisotopic (exact) mass is 360 g/mol. The number of aromatic nitrogens is 1. The van der Waals surface area contributed by atoms with E-state index in [1.165, 1.54) is 17.4 Å². The maximum atomic E-state index is 12.4. The number of rotatable bonds is 4. The fourth-order valence-corrected chi connectivity index (χ4v) is 3.73. The number of carbonyl (C=O) groups excluding carboxylic acids is 1. The van der Waals surface area contributed by atoms with E-state index in [1.54, 1.807) is 18.3 Å². The second-order valence-electron chi connectivity index (χ2n) is 6.38. The molecule has 2 heterocycles. The van der Waals surface area contributed by atoms with Crippen LogP contribution in [0, 0.1) is 23.0 Å². The molecule has 3 rings (SSSR count). The number of piperidine rings is 1. The van der Waals surface area contributed by atoms with Gasteiger partial charge in [0.05, 0.1) is 4.92 Å². The van der Waals surface area contributed by atoms with Gasteiger partial charge in [0.1, 0.15) is 5.69 Å². The van der Waals surface area contributed by atoms with Crippen LogP contribution in [0.15, 0.2) is 24.4 Å². The van der Waals surface area contributed by atoms with Gasteiger partial charge in [0.15, 0.2) is 5.13 Å². The molecule has 1 aliphatic heterocycles. The maximum absolute atomic E-state index is 12.4. The minimum atomic E-state index is -0.418. The summed E-state index contributed by atoms with van der Waals surface area (Å²) in [5.74, 6) is 0.112. The fourth-order valence-electron chi connectivity index (χ4n) is 3.07. The van der Waals surface area contributed by atoms with E-state index in [0.717, 1.165) is 30.8 Å². The molecule has 0 bridgehead atoms. The van der Waals surface area contributed by atoms with E-state index in [2.05, 4.69) is 17.2 Å². The molecule has 1 saturated heterocycles. The Balaban J connectivity index is 1.85. The molecule has 1 aliphatic rings. The average Bonchev–Trinajstić information content (AvgIpc) is 2.99. The van der Waals surface area contributed by atoms with E-state index in [9.17, 15) is 14.9 Å². The molecule has 1 aromatic carbocycles. The van der Waals surface area contributed by atoms with Gasteiger partial charge in [-0.1, -0.05) is 6.92 Å². The molecule has 1 atom stereocenters. The summed E-state index contributed by atoms with van der Waals surface area (Å²) in [5, 5.41) is 14.7. The predicted octanol–water partition coefficient (Wildman–Crippen LogP) is 3.85. The predicted molar refractivity (Wildman–Crippen MR) is 98.5 cm³/mol. The van der Waals surface area contributed by atoms with Crippen molar-refractivity contribution in [2.45, 2.75) is 26.7 Å². The van der Waals surface area contributed by atoms with Crippen molar-refractivity contribution in [3.8, 4) is 0 Å². The van der Waals surface area contributed by atoms with Crippen LogP contribution in [0.25, 0.3) is 0 Å². The molecule has 8 heteroatoms. The molecule has 1 N–H and O–H groups in total. The molecule has 1 amide bonds. The lowest BCUT2D eigenvalue weighted by Gasteiger charge is -2.32. The van der Waals surface area contributed by atoms with Crippen molar-refractivity contribution >= 4 is 33.8 Å². The van der Waals surface area contributed by atoms with Gasteiger partial charge >= 0.3 is 0 Å². The number of aryl methyl sites for hydroxylation is 1.